The van der Waals surface area contributed by atoms with Gasteiger partial charge in [-0.3, -0.25) is 4.79 Å². The molecule has 0 radical (unpaired) electrons. The van der Waals surface area contributed by atoms with Gasteiger partial charge in [-0.1, -0.05) is 145 Å². The second-order valence-corrected chi connectivity index (χ2v) is 19.7. The molecule has 0 spiro atoms. The number of nitriles is 3. The number of carbonyl (C=O) groups is 1. The van der Waals surface area contributed by atoms with Gasteiger partial charge in [-0.15, -0.1) is 22.7 Å². The maximum atomic E-state index is 14.2. The van der Waals surface area contributed by atoms with Crippen LogP contribution in [0, 0.1) is 39.9 Å². The lowest BCUT2D eigenvalue weighted by molar-refractivity contribution is -0.127. The second kappa shape index (κ2) is 30.7. The zero-order valence-corrected chi connectivity index (χ0v) is 41.9. The molecular formula is C54H83N5OS2. The Morgan fingerprint density at radius 3 is 1.48 bits per heavy atom. The number of nitrogens with zero attached hydrogens (tertiary/aromatic N) is 5. The first kappa shape index (κ1) is 53.0. The van der Waals surface area contributed by atoms with Crippen molar-refractivity contribution in [2.75, 3.05) is 24.5 Å². The van der Waals surface area contributed by atoms with Gasteiger partial charge in [-0.05, 0) is 105 Å². The molecule has 62 heavy (non-hydrogen) atoms. The summed E-state index contributed by atoms with van der Waals surface area (Å²) in [4.78, 5) is 22.7. The molecule has 3 rings (SSSR count). The third-order valence-corrected chi connectivity index (χ3v) is 15.4. The van der Waals surface area contributed by atoms with Gasteiger partial charge >= 0.3 is 0 Å². The highest BCUT2D eigenvalue weighted by Crippen LogP contribution is 2.50. The maximum absolute atomic E-state index is 14.2. The molecule has 6 nitrogen and oxygen atoms in total. The third-order valence-electron chi connectivity index (χ3n) is 12.7. The van der Waals surface area contributed by atoms with Crippen LogP contribution in [0.3, 0.4) is 0 Å². The lowest BCUT2D eigenvalue weighted by Crippen LogP contribution is -2.40. The maximum Gasteiger partial charge on any atom is 0.255 e. The van der Waals surface area contributed by atoms with Crippen LogP contribution in [-0.2, 0) is 30.5 Å². The molecule has 8 heteroatoms. The van der Waals surface area contributed by atoms with Gasteiger partial charge in [0.1, 0.15) is 0 Å². The SMILES string of the molecule is CCCCCCc1c(/C=C/C2=C(C#N)C(C(C#N)C#N)N(CCCC)C2=O)sc(-c2sc(N(CCCC)CCCC)c(CCCCCC)c2CCCCCC)c1CCCCCC. The molecule has 0 aromatic carbocycles. The van der Waals surface area contributed by atoms with E-state index in [2.05, 4.69) is 89.0 Å². The van der Waals surface area contributed by atoms with Gasteiger partial charge in [0.2, 0.25) is 0 Å². The number of hydrogen-bond donors (Lipinski definition) is 0. The van der Waals surface area contributed by atoms with Crippen LogP contribution >= 0.6 is 22.7 Å². The number of thiophene rings is 2. The fourth-order valence-electron chi connectivity index (χ4n) is 8.99. The molecule has 342 valence electrons. The Balaban J connectivity index is 2.41. The van der Waals surface area contributed by atoms with Crippen molar-refractivity contribution in [1.29, 1.82) is 15.8 Å². The van der Waals surface area contributed by atoms with Crippen molar-refractivity contribution in [2.45, 2.75) is 221 Å². The van der Waals surface area contributed by atoms with E-state index in [-0.39, 0.29) is 11.5 Å². The van der Waals surface area contributed by atoms with E-state index in [4.69, 9.17) is 0 Å². The minimum Gasteiger partial charge on any atom is -0.363 e. The summed E-state index contributed by atoms with van der Waals surface area (Å²) in [5, 5.41) is 32.0. The molecule has 1 atom stereocenters. The number of amides is 1. The lowest BCUT2D eigenvalue weighted by Gasteiger charge is -2.25. The second-order valence-electron chi connectivity index (χ2n) is 17.7. The largest absolute Gasteiger partial charge is 0.363 e. The summed E-state index contributed by atoms with van der Waals surface area (Å²) < 4.78 is 0. The van der Waals surface area contributed by atoms with E-state index in [1.54, 1.807) is 16.0 Å². The van der Waals surface area contributed by atoms with Crippen molar-refractivity contribution < 1.29 is 4.79 Å². The summed E-state index contributed by atoms with van der Waals surface area (Å²) >= 11 is 4.01. The molecule has 0 bridgehead atoms. The quantitative estimate of drug-likeness (QED) is 0.0653. The van der Waals surface area contributed by atoms with Gasteiger partial charge < -0.3 is 9.80 Å². The van der Waals surface area contributed by atoms with Crippen LogP contribution in [0.2, 0.25) is 0 Å². The normalized spacial score (nSPS) is 14.1. The Morgan fingerprint density at radius 2 is 1.02 bits per heavy atom. The van der Waals surface area contributed by atoms with Gasteiger partial charge in [0.15, 0.2) is 5.92 Å². The van der Waals surface area contributed by atoms with Gasteiger partial charge in [-0.25, -0.2) is 0 Å². The standard InChI is InChI=1S/C54H83N5OS2/c1-8-15-22-26-30-43-44(31-27-23-16-9-2)51(61-49(43)35-34-46-48(41-57)50(42(39-55)40-56)59(53(46)60)38-21-14-7)52-45(32-28-24-17-10-3)47(33-29-25-18-11-4)54(62-52)58(36-19-12-5)37-20-13-6/h34-35,42,50H,8-33,36-38H2,1-7H3/b35-34+. The summed E-state index contributed by atoms with van der Waals surface area (Å²) in [5.74, 6) is -1.33. The van der Waals surface area contributed by atoms with Crippen LogP contribution in [0.1, 0.15) is 217 Å². The average molecular weight is 882 g/mol. The molecule has 0 aliphatic carbocycles. The number of hydrogen-bond acceptors (Lipinski definition) is 7. The zero-order valence-electron chi connectivity index (χ0n) is 40.3. The lowest BCUT2D eigenvalue weighted by atomic mass is 9.93. The first-order valence-corrected chi connectivity index (χ1v) is 27.0. The summed E-state index contributed by atoms with van der Waals surface area (Å²) in [6.07, 6.45) is 34.3. The van der Waals surface area contributed by atoms with E-state index in [1.807, 2.05) is 17.4 Å². The smallest absolute Gasteiger partial charge is 0.255 e. The van der Waals surface area contributed by atoms with Crippen LogP contribution in [0.15, 0.2) is 17.2 Å². The van der Waals surface area contributed by atoms with Crippen molar-refractivity contribution in [1.82, 2.24) is 4.90 Å². The van der Waals surface area contributed by atoms with Crippen LogP contribution in [-0.4, -0.2) is 36.5 Å². The van der Waals surface area contributed by atoms with Gasteiger partial charge in [-0.2, -0.15) is 15.8 Å². The number of unbranched alkanes of at least 4 members (excludes halogenated alkanes) is 15. The Labute approximate surface area is 387 Å². The summed E-state index contributed by atoms with van der Waals surface area (Å²) in [7, 11) is 0. The van der Waals surface area contributed by atoms with Crippen molar-refractivity contribution in [3.63, 3.8) is 0 Å². The van der Waals surface area contributed by atoms with E-state index < -0.39 is 12.0 Å². The number of carbonyl (C=O) groups excluding carboxylic acids is 1. The van der Waals surface area contributed by atoms with E-state index >= 15 is 0 Å². The summed E-state index contributed by atoms with van der Waals surface area (Å²) in [5.41, 5.74) is 6.76. The third kappa shape index (κ3) is 15.1. The molecular weight excluding hydrogens is 799 g/mol. The van der Waals surface area contributed by atoms with Crippen LogP contribution in [0.5, 0.6) is 0 Å². The Bertz CT molecular complexity index is 1790. The van der Waals surface area contributed by atoms with Crippen molar-refractivity contribution >= 4 is 39.7 Å². The topological polar surface area (TPSA) is 94.9 Å². The van der Waals surface area contributed by atoms with Gasteiger partial charge in [0.25, 0.3) is 5.91 Å². The van der Waals surface area contributed by atoms with Gasteiger partial charge in [0.05, 0.1) is 45.3 Å². The number of anilines is 1. The van der Waals surface area contributed by atoms with Gasteiger partial charge in [0, 0.05) is 29.4 Å². The molecule has 1 aliphatic heterocycles. The fraction of sp³-hybridized carbons (Fsp3) is 0.704. The highest BCUT2D eigenvalue weighted by molar-refractivity contribution is 7.25. The minimum atomic E-state index is -1.09. The van der Waals surface area contributed by atoms with E-state index in [0.29, 0.717) is 12.1 Å². The minimum absolute atomic E-state index is 0.239. The number of rotatable bonds is 34. The molecule has 2 aromatic rings. The zero-order chi connectivity index (χ0) is 45.1. The van der Waals surface area contributed by atoms with Crippen LogP contribution < -0.4 is 4.90 Å². The van der Waals surface area contributed by atoms with E-state index in [9.17, 15) is 20.6 Å². The first-order chi connectivity index (χ1) is 30.3. The highest BCUT2D eigenvalue weighted by atomic mass is 32.1. The predicted octanol–water partition coefficient (Wildman–Crippen LogP) is 15.9. The molecule has 0 saturated heterocycles. The molecule has 0 N–H and O–H groups in total. The van der Waals surface area contributed by atoms with E-state index in [1.165, 1.54) is 146 Å². The Morgan fingerprint density at radius 1 is 0.565 bits per heavy atom. The molecule has 1 amide bonds. The van der Waals surface area contributed by atoms with E-state index in [0.717, 1.165) is 64.5 Å². The van der Waals surface area contributed by atoms with Crippen molar-refractivity contribution in [2.24, 2.45) is 5.92 Å². The van der Waals surface area contributed by atoms with Crippen molar-refractivity contribution in [3.05, 3.63) is 44.4 Å². The molecule has 1 aliphatic rings. The Kier molecular flexibility index (Phi) is 26.2. The summed E-state index contributed by atoms with van der Waals surface area (Å²) in [6, 6.07) is 5.66. The first-order valence-electron chi connectivity index (χ1n) is 25.3. The molecule has 0 fully saturated rings. The molecule has 1 unspecified atom stereocenters. The van der Waals surface area contributed by atoms with Crippen molar-refractivity contribution in [3.8, 4) is 28.0 Å². The monoisotopic (exact) mass is 882 g/mol. The summed E-state index contributed by atoms with van der Waals surface area (Å²) in [6.45, 7) is 18.5. The highest BCUT2D eigenvalue weighted by Gasteiger charge is 2.43. The van der Waals surface area contributed by atoms with Crippen LogP contribution in [0.4, 0.5) is 5.00 Å². The molecule has 0 saturated carbocycles. The van der Waals surface area contributed by atoms with Crippen LogP contribution in [0.25, 0.3) is 15.8 Å². The average Bonchev–Trinajstić information content (AvgIpc) is 3.90. The molecule has 2 aromatic heterocycles. The molecule has 3 heterocycles. The fourth-order valence-corrected chi connectivity index (χ4v) is 11.9. The Hall–Kier alpha value is -3.38. The predicted molar refractivity (Wildman–Crippen MR) is 268 cm³/mol.